The lowest BCUT2D eigenvalue weighted by Crippen LogP contribution is -2.02. The minimum atomic E-state index is -0.0798. The molecular formula is C5H7BrN2O. The van der Waals surface area contributed by atoms with E-state index >= 15 is 0 Å². The molecule has 0 radical (unpaired) electrons. The van der Waals surface area contributed by atoms with Gasteiger partial charge >= 0.3 is 0 Å². The van der Waals surface area contributed by atoms with Gasteiger partial charge in [0, 0.05) is 6.07 Å². The van der Waals surface area contributed by atoms with E-state index in [0.717, 1.165) is 0 Å². The number of hydrogen-bond acceptors (Lipinski definition) is 3. The predicted octanol–water partition coefficient (Wildman–Crippen LogP) is 1.46. The van der Waals surface area contributed by atoms with Gasteiger partial charge in [-0.15, -0.1) is 0 Å². The molecule has 0 aliphatic carbocycles. The fraction of sp³-hybridized carbons (Fsp3) is 0.400. The zero-order chi connectivity index (χ0) is 6.85. The Balaban J connectivity index is 2.85. The van der Waals surface area contributed by atoms with E-state index in [1.54, 1.807) is 6.07 Å². The van der Waals surface area contributed by atoms with Crippen LogP contribution in [0.15, 0.2) is 15.2 Å². The Bertz CT molecular complexity index is 197. The second-order valence-electron chi connectivity index (χ2n) is 1.84. The summed E-state index contributed by atoms with van der Waals surface area (Å²) in [6.45, 7) is 1.84. The lowest BCUT2D eigenvalue weighted by molar-refractivity contribution is 0.365. The van der Waals surface area contributed by atoms with Gasteiger partial charge in [0.1, 0.15) is 4.60 Å². The fourth-order valence-electron chi connectivity index (χ4n) is 0.481. The molecule has 0 aliphatic rings. The second-order valence-corrected chi connectivity index (χ2v) is 2.65. The first-order valence-corrected chi connectivity index (χ1v) is 3.37. The van der Waals surface area contributed by atoms with Gasteiger partial charge in [-0.2, -0.15) is 0 Å². The van der Waals surface area contributed by atoms with E-state index in [2.05, 4.69) is 21.1 Å². The maximum Gasteiger partial charge on any atom is 0.154 e. The average Bonchev–Trinajstić information content (AvgIpc) is 2.14. The van der Waals surface area contributed by atoms with Gasteiger partial charge in [0.25, 0.3) is 0 Å². The van der Waals surface area contributed by atoms with Crippen molar-refractivity contribution in [1.29, 1.82) is 0 Å². The topological polar surface area (TPSA) is 52.0 Å². The molecule has 0 fully saturated rings. The first kappa shape index (κ1) is 6.77. The summed E-state index contributed by atoms with van der Waals surface area (Å²) in [5, 5.41) is 3.60. The summed E-state index contributed by atoms with van der Waals surface area (Å²) in [5.74, 6) is 0.696. The Hall–Kier alpha value is -0.350. The lowest BCUT2D eigenvalue weighted by Gasteiger charge is -1.93. The van der Waals surface area contributed by atoms with Crippen LogP contribution < -0.4 is 5.73 Å². The number of nitrogens with zero attached hydrogens (tertiary/aromatic N) is 1. The van der Waals surface area contributed by atoms with Crippen LogP contribution in [0.25, 0.3) is 0 Å². The van der Waals surface area contributed by atoms with E-state index in [1.165, 1.54) is 0 Å². The highest BCUT2D eigenvalue weighted by molar-refractivity contribution is 9.10. The second kappa shape index (κ2) is 2.49. The van der Waals surface area contributed by atoms with Crippen molar-refractivity contribution in [2.24, 2.45) is 5.73 Å². The third-order valence-electron chi connectivity index (χ3n) is 0.948. The van der Waals surface area contributed by atoms with Gasteiger partial charge in [-0.05, 0) is 22.9 Å². The molecule has 0 bridgehead atoms. The molecule has 9 heavy (non-hydrogen) atoms. The minimum absolute atomic E-state index is 0.0798. The molecule has 4 heteroatoms. The largest absolute Gasteiger partial charge is 0.359 e. The Labute approximate surface area is 61.3 Å². The Morgan fingerprint density at radius 1 is 1.89 bits per heavy atom. The van der Waals surface area contributed by atoms with Crippen LogP contribution in [0, 0.1) is 0 Å². The molecule has 50 valence electrons. The number of hydrogen-bond donors (Lipinski definition) is 1. The summed E-state index contributed by atoms with van der Waals surface area (Å²) < 4.78 is 5.49. The van der Waals surface area contributed by atoms with Crippen molar-refractivity contribution in [1.82, 2.24) is 5.16 Å². The van der Waals surface area contributed by atoms with Gasteiger partial charge in [-0.3, -0.25) is 0 Å². The van der Waals surface area contributed by atoms with E-state index < -0.39 is 0 Å². The van der Waals surface area contributed by atoms with Crippen molar-refractivity contribution in [3.05, 3.63) is 16.4 Å². The molecule has 1 aromatic rings. The van der Waals surface area contributed by atoms with Crippen LogP contribution >= 0.6 is 15.9 Å². The van der Waals surface area contributed by atoms with Crippen LogP contribution in [0.4, 0.5) is 0 Å². The van der Waals surface area contributed by atoms with Crippen LogP contribution in [0.1, 0.15) is 18.7 Å². The normalized spacial score (nSPS) is 13.7. The van der Waals surface area contributed by atoms with Gasteiger partial charge in [-0.1, -0.05) is 5.16 Å². The Morgan fingerprint density at radius 3 is 2.78 bits per heavy atom. The SMILES string of the molecule is CC(N)c1cc(Br)no1. The van der Waals surface area contributed by atoms with E-state index in [-0.39, 0.29) is 6.04 Å². The summed E-state index contributed by atoms with van der Waals surface area (Å²) in [5.41, 5.74) is 5.47. The van der Waals surface area contributed by atoms with Gasteiger partial charge in [-0.25, -0.2) is 0 Å². The number of nitrogens with two attached hydrogens (primary N) is 1. The molecule has 1 atom stereocenters. The zero-order valence-electron chi connectivity index (χ0n) is 4.97. The first-order valence-electron chi connectivity index (χ1n) is 2.58. The van der Waals surface area contributed by atoms with Crippen LogP contribution in [0.2, 0.25) is 0 Å². The Kier molecular flexibility index (Phi) is 1.87. The average molecular weight is 191 g/mol. The lowest BCUT2D eigenvalue weighted by atomic mass is 10.3. The zero-order valence-corrected chi connectivity index (χ0v) is 6.55. The smallest absolute Gasteiger partial charge is 0.154 e. The van der Waals surface area contributed by atoms with Crippen LogP contribution in [0.5, 0.6) is 0 Å². The number of aromatic nitrogens is 1. The summed E-state index contributed by atoms with van der Waals surface area (Å²) >= 11 is 3.14. The molecule has 1 unspecified atom stereocenters. The fourth-order valence-corrected chi connectivity index (χ4v) is 0.779. The minimum Gasteiger partial charge on any atom is -0.359 e. The molecule has 0 aliphatic heterocycles. The van der Waals surface area contributed by atoms with E-state index in [1.807, 2.05) is 6.92 Å². The molecule has 0 amide bonds. The molecule has 1 heterocycles. The summed E-state index contributed by atoms with van der Waals surface area (Å²) in [6, 6.07) is 1.67. The maximum absolute atomic E-state index is 5.47. The van der Waals surface area contributed by atoms with Gasteiger partial charge < -0.3 is 10.3 Å². The van der Waals surface area contributed by atoms with Gasteiger partial charge in [0.2, 0.25) is 0 Å². The highest BCUT2D eigenvalue weighted by atomic mass is 79.9. The van der Waals surface area contributed by atoms with Crippen LogP contribution in [-0.4, -0.2) is 5.16 Å². The third kappa shape index (κ3) is 1.53. The quantitative estimate of drug-likeness (QED) is 0.730. The molecule has 0 spiro atoms. The van der Waals surface area contributed by atoms with Crippen molar-refractivity contribution in [2.75, 3.05) is 0 Å². The molecule has 1 rings (SSSR count). The van der Waals surface area contributed by atoms with E-state index in [9.17, 15) is 0 Å². The van der Waals surface area contributed by atoms with Gasteiger partial charge in [0.15, 0.2) is 5.76 Å². The third-order valence-corrected chi connectivity index (χ3v) is 1.32. The molecule has 0 saturated heterocycles. The van der Waals surface area contributed by atoms with Gasteiger partial charge in [0.05, 0.1) is 6.04 Å². The van der Waals surface area contributed by atoms with E-state index in [4.69, 9.17) is 10.3 Å². The first-order chi connectivity index (χ1) is 4.20. The monoisotopic (exact) mass is 190 g/mol. The highest BCUT2D eigenvalue weighted by Gasteiger charge is 2.04. The summed E-state index contributed by atoms with van der Waals surface area (Å²) in [7, 11) is 0. The van der Waals surface area contributed by atoms with Crippen molar-refractivity contribution in [3.8, 4) is 0 Å². The van der Waals surface area contributed by atoms with Crippen molar-refractivity contribution >= 4 is 15.9 Å². The number of rotatable bonds is 1. The highest BCUT2D eigenvalue weighted by Crippen LogP contribution is 2.14. The molecular weight excluding hydrogens is 184 g/mol. The number of halogens is 1. The molecule has 2 N–H and O–H groups in total. The van der Waals surface area contributed by atoms with Crippen molar-refractivity contribution < 1.29 is 4.52 Å². The standard InChI is InChI=1S/C5H7BrN2O/c1-3(7)4-2-5(6)8-9-4/h2-3H,7H2,1H3. The molecule has 3 nitrogen and oxygen atoms in total. The van der Waals surface area contributed by atoms with Crippen molar-refractivity contribution in [3.63, 3.8) is 0 Å². The molecule has 0 saturated carbocycles. The van der Waals surface area contributed by atoms with Crippen LogP contribution in [-0.2, 0) is 0 Å². The Morgan fingerprint density at radius 2 is 2.56 bits per heavy atom. The maximum atomic E-state index is 5.47. The van der Waals surface area contributed by atoms with E-state index in [0.29, 0.717) is 10.4 Å². The van der Waals surface area contributed by atoms with Crippen molar-refractivity contribution in [2.45, 2.75) is 13.0 Å². The molecule has 0 aromatic carbocycles. The predicted molar refractivity (Wildman–Crippen MR) is 36.8 cm³/mol. The summed E-state index contributed by atoms with van der Waals surface area (Å²) in [6.07, 6.45) is 0. The molecule has 1 aromatic heterocycles. The van der Waals surface area contributed by atoms with Crippen LogP contribution in [0.3, 0.4) is 0 Å². The summed E-state index contributed by atoms with van der Waals surface area (Å²) in [4.78, 5) is 0.